The number of hydrogen-bond acceptors (Lipinski definition) is 3. The Morgan fingerprint density at radius 1 is 0.789 bits per heavy atom. The smallest absolute Gasteiger partial charge is 0.822 e. The second-order valence-electron chi connectivity index (χ2n) is 3.64. The van der Waals surface area contributed by atoms with Gasteiger partial charge in [-0.2, -0.15) is 0 Å². The van der Waals surface area contributed by atoms with Crippen molar-refractivity contribution in [2.75, 3.05) is 14.2 Å². The van der Waals surface area contributed by atoms with Crippen LogP contribution >= 0.6 is 8.15 Å². The van der Waals surface area contributed by atoms with E-state index in [1.165, 1.54) is 0 Å². The van der Waals surface area contributed by atoms with Crippen LogP contribution in [0.25, 0.3) is 0 Å². The molecule has 0 aliphatic heterocycles. The van der Waals surface area contributed by atoms with Gasteiger partial charge in [0.1, 0.15) is 11.5 Å². The van der Waals surface area contributed by atoms with Crippen LogP contribution in [0.5, 0.6) is 11.5 Å². The topological polar surface area (TPSA) is 41.5 Å². The summed E-state index contributed by atoms with van der Waals surface area (Å²) in [7, 11) is 1.42. The van der Waals surface area contributed by atoms with Crippen molar-refractivity contribution in [2.45, 2.75) is 0 Å². The van der Waals surface area contributed by atoms with Gasteiger partial charge in [-0.15, -0.1) is 8.15 Å². The Bertz CT molecular complexity index is 486. The number of benzene rings is 2. The Morgan fingerprint density at radius 3 is 1.53 bits per heavy atom. The van der Waals surface area contributed by atoms with Crippen molar-refractivity contribution < 1.29 is 33.2 Å². The summed E-state index contributed by atoms with van der Waals surface area (Å²) in [5.74, 6) is 1.26. The first-order chi connectivity index (χ1) is 8.77. The molecule has 0 aliphatic carbocycles. The molecular weight excluding hydrogens is 254 g/mol. The van der Waals surface area contributed by atoms with E-state index in [4.69, 9.17) is 9.47 Å². The second kappa shape index (κ2) is 7.58. The van der Waals surface area contributed by atoms with Crippen LogP contribution < -0.4 is 43.8 Å². The summed E-state index contributed by atoms with van der Waals surface area (Å²) < 4.78 is 10.5. The van der Waals surface area contributed by atoms with E-state index in [0.29, 0.717) is 22.1 Å². The van der Waals surface area contributed by atoms with Gasteiger partial charge in [0, 0.05) is 10.6 Å². The van der Waals surface area contributed by atoms with Crippen molar-refractivity contribution in [2.24, 2.45) is 0 Å². The molecule has 0 bridgehead atoms. The molecule has 0 fully saturated rings. The minimum atomic E-state index is -1.72. The van der Waals surface area contributed by atoms with Crippen LogP contribution in [-0.4, -0.2) is 14.2 Å². The molecule has 0 saturated heterocycles. The molecule has 0 heterocycles. The Kier molecular flexibility index (Phi) is 6.41. The van der Waals surface area contributed by atoms with Crippen LogP contribution in [0.3, 0.4) is 0 Å². The number of ether oxygens (including phenoxy) is 2. The quantitative estimate of drug-likeness (QED) is 0.496. The summed E-state index contributed by atoms with van der Waals surface area (Å²) in [6.45, 7) is 0. The fraction of sp³-hybridized carbons (Fsp3) is 0.143. The van der Waals surface area contributed by atoms with Gasteiger partial charge in [-0.3, -0.25) is 0 Å². The monoisotopic (exact) mass is 268 g/mol. The van der Waals surface area contributed by atoms with E-state index < -0.39 is 8.15 Å². The van der Waals surface area contributed by atoms with Crippen molar-refractivity contribution in [3.63, 3.8) is 0 Å². The zero-order valence-corrected chi connectivity index (χ0v) is 12.2. The van der Waals surface area contributed by atoms with Gasteiger partial charge in [-0.25, -0.2) is 0 Å². The fourth-order valence-electron chi connectivity index (χ4n) is 1.72. The van der Waals surface area contributed by atoms with Gasteiger partial charge < -0.3 is 14.4 Å². The molecule has 0 aliphatic rings. The van der Waals surface area contributed by atoms with Crippen LogP contribution in [-0.2, 0) is 0 Å². The maximum atomic E-state index is 12.6. The molecule has 0 atom stereocenters. The van der Waals surface area contributed by atoms with Gasteiger partial charge in [0.05, 0.1) is 14.2 Å². The molecule has 0 spiro atoms. The standard InChI is InChI=1S/C14H14O3P.Li/c1-16-11-7-3-5-9-13(11)18(15)14-10-6-4-8-12(14)17-2;/h3-10H,1-2H3;/q-1;+1. The van der Waals surface area contributed by atoms with Crippen LogP contribution in [0, 0.1) is 0 Å². The fourth-order valence-corrected chi connectivity index (χ4v) is 3.16. The van der Waals surface area contributed by atoms with Gasteiger partial charge in [-0.05, 0) is 12.1 Å². The zero-order valence-electron chi connectivity index (χ0n) is 11.3. The number of methoxy groups -OCH3 is 2. The van der Waals surface area contributed by atoms with Crippen molar-refractivity contribution in [3.8, 4) is 11.5 Å². The Labute approximate surface area is 126 Å². The third-order valence-electron chi connectivity index (χ3n) is 2.61. The Balaban J connectivity index is 0.00000180. The van der Waals surface area contributed by atoms with Crippen molar-refractivity contribution >= 4 is 18.8 Å². The Hall–Kier alpha value is -0.973. The minimum absolute atomic E-state index is 0. The van der Waals surface area contributed by atoms with Crippen molar-refractivity contribution in [1.82, 2.24) is 0 Å². The number of rotatable bonds is 4. The molecule has 0 aromatic heterocycles. The minimum Gasteiger partial charge on any atom is -0.822 e. The third kappa shape index (κ3) is 3.53. The van der Waals surface area contributed by atoms with E-state index in [1.807, 2.05) is 36.4 Å². The first-order valence-electron chi connectivity index (χ1n) is 5.51. The molecule has 0 unspecified atom stereocenters. The summed E-state index contributed by atoms with van der Waals surface area (Å²) in [5.41, 5.74) is 0. The molecule has 19 heavy (non-hydrogen) atoms. The first kappa shape index (κ1) is 16.1. The maximum absolute atomic E-state index is 12.6. The summed E-state index contributed by atoms with van der Waals surface area (Å²) in [6, 6.07) is 14.6. The molecule has 94 valence electrons. The molecule has 0 amide bonds. The summed E-state index contributed by atoms with van der Waals surface area (Å²) in [4.78, 5) is 12.6. The summed E-state index contributed by atoms with van der Waals surface area (Å²) in [5, 5.41) is 1.36. The Morgan fingerprint density at radius 2 is 1.16 bits per heavy atom. The van der Waals surface area contributed by atoms with Gasteiger partial charge in [0.2, 0.25) is 0 Å². The maximum Gasteiger partial charge on any atom is 1.00 e. The molecule has 0 radical (unpaired) electrons. The van der Waals surface area contributed by atoms with Gasteiger partial charge in [-0.1, -0.05) is 36.4 Å². The molecule has 0 N–H and O–H groups in total. The molecule has 2 aromatic rings. The van der Waals surface area contributed by atoms with E-state index in [-0.39, 0.29) is 18.9 Å². The van der Waals surface area contributed by atoms with Crippen LogP contribution in [0.4, 0.5) is 0 Å². The number of para-hydroxylation sites is 2. The number of hydrogen-bond donors (Lipinski definition) is 0. The normalized spacial score (nSPS) is 9.89. The van der Waals surface area contributed by atoms with Gasteiger partial charge >= 0.3 is 18.9 Å². The van der Waals surface area contributed by atoms with Crippen molar-refractivity contribution in [3.05, 3.63) is 48.5 Å². The molecule has 3 nitrogen and oxygen atoms in total. The van der Waals surface area contributed by atoms with Crippen LogP contribution in [0.15, 0.2) is 48.5 Å². The first-order valence-corrected chi connectivity index (χ1v) is 6.77. The van der Waals surface area contributed by atoms with E-state index >= 15 is 0 Å². The van der Waals surface area contributed by atoms with Crippen LogP contribution in [0.1, 0.15) is 0 Å². The summed E-state index contributed by atoms with van der Waals surface area (Å²) in [6.07, 6.45) is 0. The van der Waals surface area contributed by atoms with Crippen molar-refractivity contribution in [1.29, 1.82) is 0 Å². The third-order valence-corrected chi connectivity index (χ3v) is 4.22. The van der Waals surface area contributed by atoms with E-state index in [1.54, 1.807) is 26.4 Å². The van der Waals surface area contributed by atoms with E-state index in [0.717, 1.165) is 0 Å². The molecule has 5 heteroatoms. The van der Waals surface area contributed by atoms with Gasteiger partial charge in [0.25, 0.3) is 0 Å². The molecule has 2 rings (SSSR count). The largest absolute Gasteiger partial charge is 1.00 e. The zero-order chi connectivity index (χ0) is 13.0. The van der Waals surface area contributed by atoms with E-state index in [2.05, 4.69) is 0 Å². The average molecular weight is 268 g/mol. The second-order valence-corrected chi connectivity index (χ2v) is 5.19. The van der Waals surface area contributed by atoms with Gasteiger partial charge in [0.15, 0.2) is 0 Å². The SMILES string of the molecule is COc1ccccc1P([O-])c1ccccc1OC.[Li+]. The molecule has 0 saturated carbocycles. The molecular formula is C14H14LiO3P. The average Bonchev–Trinajstić information content (AvgIpc) is 2.46. The van der Waals surface area contributed by atoms with Crippen LogP contribution in [0.2, 0.25) is 0 Å². The predicted octanol–water partition coefficient (Wildman–Crippen LogP) is -1.58. The summed E-state index contributed by atoms with van der Waals surface area (Å²) >= 11 is 0. The van der Waals surface area contributed by atoms with E-state index in [9.17, 15) is 4.89 Å². The molecule has 2 aromatic carbocycles. The predicted molar refractivity (Wildman–Crippen MR) is 72.2 cm³/mol.